The van der Waals surface area contributed by atoms with E-state index in [0.29, 0.717) is 17.4 Å². The number of para-hydroxylation sites is 3. The molecule has 4 heteroatoms. The van der Waals surface area contributed by atoms with Crippen molar-refractivity contribution in [3.8, 4) is 33.8 Å². The van der Waals surface area contributed by atoms with Crippen molar-refractivity contribution in [1.29, 1.82) is 0 Å². The second-order valence-corrected chi connectivity index (χ2v) is 16.8. The van der Waals surface area contributed by atoms with Crippen LogP contribution in [0.3, 0.4) is 0 Å². The van der Waals surface area contributed by atoms with Gasteiger partial charge in [0.15, 0.2) is 11.0 Å². The summed E-state index contributed by atoms with van der Waals surface area (Å²) in [7, 11) is 0. The van der Waals surface area contributed by atoms with Gasteiger partial charge in [-0.2, -0.15) is 4.57 Å². The number of fused-ring (bicyclic) bond motifs is 7. The first-order valence-corrected chi connectivity index (χ1v) is 21.0. The van der Waals surface area contributed by atoms with E-state index in [0.717, 1.165) is 44.6 Å². The van der Waals surface area contributed by atoms with Gasteiger partial charge in [-0.05, 0) is 116 Å². The highest BCUT2D eigenvalue weighted by atomic mass is 15.1. The Balaban J connectivity index is 1.19. The standard InChI is InChI=1S/C56H47N4/c1-36(2)42-21-15-22-43(37(3)4)55(42)38-30-31-57-54(32-38)60-50-25-11-8-20-46(50)47-29-28-40(34-53(47)60)56(48-23-9-6-18-44(48)45-19-7-10-24-49(45)56)39-16-14-17-41(33-39)59-35-58(5)51-26-12-13-27-52(51)59/h6-37H,1-5H3/q+1/i5D3. The fourth-order valence-corrected chi connectivity index (χ4v) is 10.3. The number of hydrogen-bond acceptors (Lipinski definition) is 1. The predicted molar refractivity (Wildman–Crippen MR) is 248 cm³/mol. The van der Waals surface area contributed by atoms with E-state index < -0.39 is 12.4 Å². The molecule has 0 spiro atoms. The molecule has 1 aliphatic carbocycles. The Bertz CT molecular complexity index is 3350. The van der Waals surface area contributed by atoms with E-state index >= 15 is 0 Å². The Morgan fingerprint density at radius 1 is 0.567 bits per heavy atom. The van der Waals surface area contributed by atoms with Crippen molar-refractivity contribution in [2.75, 3.05) is 0 Å². The van der Waals surface area contributed by atoms with Crippen molar-refractivity contribution >= 4 is 32.8 Å². The number of aryl methyl sites for hydroxylation is 1. The molecule has 4 nitrogen and oxygen atoms in total. The Kier molecular flexibility index (Phi) is 7.55. The molecule has 0 saturated carbocycles. The van der Waals surface area contributed by atoms with E-state index in [2.05, 4.69) is 178 Å². The minimum absolute atomic E-state index is 0.358. The third-order valence-corrected chi connectivity index (χ3v) is 12.9. The highest BCUT2D eigenvalue weighted by Crippen LogP contribution is 2.56. The Morgan fingerprint density at radius 2 is 1.20 bits per heavy atom. The summed E-state index contributed by atoms with van der Waals surface area (Å²) >= 11 is 0. The van der Waals surface area contributed by atoms with Crippen LogP contribution in [0, 0.1) is 0 Å². The molecule has 3 heterocycles. The molecule has 60 heavy (non-hydrogen) atoms. The first-order valence-electron chi connectivity index (χ1n) is 22.5. The number of rotatable bonds is 7. The van der Waals surface area contributed by atoms with Crippen LogP contribution in [0.5, 0.6) is 0 Å². The van der Waals surface area contributed by atoms with Gasteiger partial charge < -0.3 is 0 Å². The predicted octanol–water partition coefficient (Wildman–Crippen LogP) is 13.2. The molecule has 0 radical (unpaired) electrons. The third-order valence-electron chi connectivity index (χ3n) is 12.9. The summed E-state index contributed by atoms with van der Waals surface area (Å²) in [5.41, 5.74) is 16.0. The lowest BCUT2D eigenvalue weighted by atomic mass is 9.67. The molecule has 0 atom stereocenters. The van der Waals surface area contributed by atoms with Crippen molar-refractivity contribution < 1.29 is 8.68 Å². The molecule has 7 aromatic carbocycles. The van der Waals surface area contributed by atoms with Gasteiger partial charge in [-0.25, -0.2) is 9.55 Å². The first kappa shape index (κ1) is 32.9. The summed E-state index contributed by atoms with van der Waals surface area (Å²) in [6.07, 6.45) is 3.68. The van der Waals surface area contributed by atoms with Crippen molar-refractivity contribution in [3.05, 3.63) is 216 Å². The number of imidazole rings is 1. The molecule has 0 unspecified atom stereocenters. The molecule has 3 aromatic heterocycles. The van der Waals surface area contributed by atoms with Crippen LogP contribution in [-0.2, 0) is 12.4 Å². The number of hydrogen-bond donors (Lipinski definition) is 0. The van der Waals surface area contributed by atoms with Crippen LogP contribution < -0.4 is 4.57 Å². The van der Waals surface area contributed by atoms with Gasteiger partial charge in [-0.3, -0.25) is 4.57 Å². The quantitative estimate of drug-likeness (QED) is 0.148. The van der Waals surface area contributed by atoms with E-state index in [4.69, 9.17) is 9.10 Å². The summed E-state index contributed by atoms with van der Waals surface area (Å²) in [5.74, 6) is 1.59. The maximum Gasteiger partial charge on any atom is 0.249 e. The smallest absolute Gasteiger partial charge is 0.249 e. The number of benzene rings is 7. The molecule has 0 saturated heterocycles. The molecule has 0 N–H and O–H groups in total. The molecule has 11 rings (SSSR count). The van der Waals surface area contributed by atoms with Gasteiger partial charge in [-0.1, -0.05) is 149 Å². The fourth-order valence-electron chi connectivity index (χ4n) is 10.3. The summed E-state index contributed by atoms with van der Waals surface area (Å²) in [4.78, 5) is 5.14. The van der Waals surface area contributed by atoms with Crippen LogP contribution in [0.2, 0.25) is 0 Å². The first-order chi connectivity index (χ1) is 30.6. The Hall–Kier alpha value is -7.04. The topological polar surface area (TPSA) is 26.6 Å². The average Bonchev–Trinajstić information content (AvgIpc) is 3.96. The lowest BCUT2D eigenvalue weighted by molar-refractivity contribution is -0.645. The van der Waals surface area contributed by atoms with Crippen LogP contribution in [0.25, 0.3) is 66.6 Å². The van der Waals surface area contributed by atoms with Gasteiger partial charge in [0.05, 0.1) is 27.5 Å². The second kappa shape index (κ2) is 13.8. The zero-order valence-electron chi connectivity index (χ0n) is 37.3. The van der Waals surface area contributed by atoms with E-state index in [1.807, 2.05) is 35.0 Å². The van der Waals surface area contributed by atoms with Gasteiger partial charge in [-0.15, -0.1) is 0 Å². The molecule has 0 amide bonds. The summed E-state index contributed by atoms with van der Waals surface area (Å²) in [5, 5.41) is 2.32. The van der Waals surface area contributed by atoms with Gasteiger partial charge >= 0.3 is 0 Å². The van der Waals surface area contributed by atoms with E-state index in [1.54, 1.807) is 6.33 Å². The van der Waals surface area contributed by atoms with Crippen molar-refractivity contribution in [2.45, 2.75) is 44.9 Å². The Labute approximate surface area is 355 Å². The van der Waals surface area contributed by atoms with Crippen LogP contribution in [0.4, 0.5) is 0 Å². The van der Waals surface area contributed by atoms with Gasteiger partial charge in [0.1, 0.15) is 11.5 Å². The van der Waals surface area contributed by atoms with E-state index in [-0.39, 0.29) is 0 Å². The molecular formula is C56H47N4+. The van der Waals surface area contributed by atoms with Gasteiger partial charge in [0.2, 0.25) is 6.33 Å². The fraction of sp³-hybridized carbons (Fsp3) is 0.143. The molecule has 0 aliphatic heterocycles. The second-order valence-electron chi connectivity index (χ2n) is 16.8. The monoisotopic (exact) mass is 778 g/mol. The Morgan fingerprint density at radius 3 is 1.93 bits per heavy atom. The minimum atomic E-state index is -2.34. The van der Waals surface area contributed by atoms with Crippen molar-refractivity contribution in [2.24, 2.45) is 6.98 Å². The van der Waals surface area contributed by atoms with Crippen LogP contribution in [0.1, 0.15) is 77.0 Å². The number of aromatic nitrogens is 4. The molecule has 1 aliphatic rings. The van der Waals surface area contributed by atoms with Crippen LogP contribution in [0.15, 0.2) is 182 Å². The van der Waals surface area contributed by atoms with E-state index in [1.165, 1.54) is 54.5 Å². The highest BCUT2D eigenvalue weighted by Gasteiger charge is 2.46. The average molecular weight is 779 g/mol. The molecular weight excluding hydrogens is 729 g/mol. The van der Waals surface area contributed by atoms with E-state index in [9.17, 15) is 0 Å². The number of nitrogens with zero attached hydrogens (tertiary/aromatic N) is 4. The lowest BCUT2D eigenvalue weighted by Crippen LogP contribution is -2.29. The van der Waals surface area contributed by atoms with Crippen LogP contribution >= 0.6 is 0 Å². The zero-order chi connectivity index (χ0) is 43.2. The summed E-state index contributed by atoms with van der Waals surface area (Å²) in [6, 6.07) is 60.8. The van der Waals surface area contributed by atoms with Crippen molar-refractivity contribution in [3.63, 3.8) is 0 Å². The van der Waals surface area contributed by atoms with Crippen molar-refractivity contribution in [1.82, 2.24) is 14.1 Å². The summed E-state index contributed by atoms with van der Waals surface area (Å²) in [6.45, 7) is 6.76. The van der Waals surface area contributed by atoms with Gasteiger partial charge in [0, 0.05) is 17.0 Å². The zero-order valence-corrected chi connectivity index (χ0v) is 34.3. The third kappa shape index (κ3) is 5.23. The lowest BCUT2D eigenvalue weighted by Gasteiger charge is -2.34. The molecule has 0 fully saturated rings. The maximum atomic E-state index is 8.38. The normalized spacial score (nSPS) is 14.1. The van der Waals surface area contributed by atoms with Gasteiger partial charge in [0.25, 0.3) is 0 Å². The minimum Gasteiger partial charge on any atom is -0.294 e. The summed E-state index contributed by atoms with van der Waals surface area (Å²) < 4.78 is 30.9. The SMILES string of the molecule is [2H]C([2H])([2H])[n+]1cn(-c2cccc(C3(c4ccc5c6ccccc6n(-c6cc(-c7c(C(C)C)cccc7C(C)C)ccn6)c5c4)c4ccccc4-c4ccccc43)c2)c2ccccc21. The molecule has 290 valence electrons. The highest BCUT2D eigenvalue weighted by molar-refractivity contribution is 6.09. The number of pyridine rings is 1. The largest absolute Gasteiger partial charge is 0.294 e. The maximum absolute atomic E-state index is 8.38. The molecule has 10 aromatic rings. The van der Waals surface area contributed by atoms with Crippen LogP contribution in [-0.4, -0.2) is 14.1 Å². The molecule has 0 bridgehead atoms.